The molecule has 0 atom stereocenters. The predicted molar refractivity (Wildman–Crippen MR) is 79.0 cm³/mol. The van der Waals surface area contributed by atoms with Crippen molar-refractivity contribution in [3.8, 4) is 0 Å². The molecule has 2 aromatic carbocycles. The number of benzene rings is 2. The number of hydrogen-bond donors (Lipinski definition) is 0. The average Bonchev–Trinajstić information content (AvgIpc) is 2.49. The number of rotatable bonds is 5. The van der Waals surface area contributed by atoms with E-state index in [0.29, 0.717) is 6.42 Å². The molecule has 0 aliphatic heterocycles. The summed E-state index contributed by atoms with van der Waals surface area (Å²) in [6.07, 6.45) is 3.22. The van der Waals surface area contributed by atoms with Crippen molar-refractivity contribution in [3.05, 3.63) is 78.4 Å². The van der Waals surface area contributed by atoms with Gasteiger partial charge in [-0.2, -0.15) is 8.42 Å². The highest BCUT2D eigenvalue weighted by Gasteiger charge is 2.17. The standard InChI is InChI=1S/C16H14O4S/c17-16(13-7-10-14-8-3-1-4-9-14)20-21(18,19)15-11-5-2-6-12-15/h1-9,11-13H,10H2. The number of carbonyl (C=O) groups excluding carboxylic acids is 1. The van der Waals surface area contributed by atoms with E-state index in [4.69, 9.17) is 0 Å². The molecule has 0 heterocycles. The summed E-state index contributed by atoms with van der Waals surface area (Å²) in [7, 11) is -4.06. The van der Waals surface area contributed by atoms with Crippen LogP contribution in [0.25, 0.3) is 0 Å². The van der Waals surface area contributed by atoms with E-state index in [9.17, 15) is 13.2 Å². The van der Waals surface area contributed by atoms with Crippen LogP contribution < -0.4 is 0 Å². The summed E-state index contributed by atoms with van der Waals surface area (Å²) in [4.78, 5) is 11.5. The molecule has 0 spiro atoms. The lowest BCUT2D eigenvalue weighted by Crippen LogP contribution is -2.11. The molecule has 0 radical (unpaired) electrons. The summed E-state index contributed by atoms with van der Waals surface area (Å²) in [5.41, 5.74) is 1.02. The molecule has 0 N–H and O–H groups in total. The fourth-order valence-corrected chi connectivity index (χ4v) is 2.54. The maximum atomic E-state index is 11.8. The van der Waals surface area contributed by atoms with Gasteiger partial charge in [-0.15, -0.1) is 0 Å². The molecular weight excluding hydrogens is 288 g/mol. The van der Waals surface area contributed by atoms with E-state index >= 15 is 0 Å². The molecule has 108 valence electrons. The first-order valence-corrected chi connectivity index (χ1v) is 7.73. The SMILES string of the molecule is O=C(C=CCc1ccccc1)OS(=O)(=O)c1ccccc1. The Morgan fingerprint density at radius 2 is 1.52 bits per heavy atom. The third-order valence-electron chi connectivity index (χ3n) is 2.67. The van der Waals surface area contributed by atoms with Gasteiger partial charge in [0, 0.05) is 6.08 Å². The van der Waals surface area contributed by atoms with E-state index in [-0.39, 0.29) is 4.90 Å². The quantitative estimate of drug-likeness (QED) is 0.629. The Labute approximate surface area is 123 Å². The minimum absolute atomic E-state index is 0.0465. The Bertz CT molecular complexity index is 719. The van der Waals surface area contributed by atoms with Crippen LogP contribution in [0, 0.1) is 0 Å². The highest BCUT2D eigenvalue weighted by molar-refractivity contribution is 7.87. The highest BCUT2D eigenvalue weighted by atomic mass is 32.2. The maximum Gasteiger partial charge on any atom is 0.346 e. The van der Waals surface area contributed by atoms with Gasteiger partial charge in [0.1, 0.15) is 4.90 Å². The Kier molecular flexibility index (Phi) is 4.90. The Morgan fingerprint density at radius 3 is 2.14 bits per heavy atom. The second kappa shape index (κ2) is 6.85. The van der Waals surface area contributed by atoms with Gasteiger partial charge in [-0.05, 0) is 24.1 Å². The maximum absolute atomic E-state index is 11.8. The van der Waals surface area contributed by atoms with Crippen LogP contribution in [0.1, 0.15) is 5.56 Å². The smallest absolute Gasteiger partial charge is 0.338 e. The Balaban J connectivity index is 1.96. The van der Waals surface area contributed by atoms with Crippen LogP contribution in [0.5, 0.6) is 0 Å². The van der Waals surface area contributed by atoms with Gasteiger partial charge < -0.3 is 4.18 Å². The van der Waals surface area contributed by atoms with Crippen LogP contribution >= 0.6 is 0 Å². The lowest BCUT2D eigenvalue weighted by atomic mass is 10.1. The van der Waals surface area contributed by atoms with Crippen LogP contribution in [-0.2, 0) is 25.5 Å². The van der Waals surface area contributed by atoms with Crippen LogP contribution in [0.2, 0.25) is 0 Å². The summed E-state index contributed by atoms with van der Waals surface area (Å²) in [5, 5.41) is 0. The van der Waals surface area contributed by atoms with E-state index in [1.807, 2.05) is 30.3 Å². The lowest BCUT2D eigenvalue weighted by Gasteiger charge is -2.02. The van der Waals surface area contributed by atoms with Crippen molar-refractivity contribution in [2.24, 2.45) is 0 Å². The second-order valence-electron chi connectivity index (χ2n) is 4.26. The largest absolute Gasteiger partial charge is 0.346 e. The molecule has 0 saturated heterocycles. The van der Waals surface area contributed by atoms with Gasteiger partial charge >= 0.3 is 16.1 Å². The minimum atomic E-state index is -4.06. The zero-order valence-electron chi connectivity index (χ0n) is 11.2. The minimum Gasteiger partial charge on any atom is -0.338 e. The van der Waals surface area contributed by atoms with Crippen LogP contribution in [0.15, 0.2) is 77.7 Å². The monoisotopic (exact) mass is 302 g/mol. The zero-order chi connectivity index (χ0) is 15.1. The fraction of sp³-hybridized carbons (Fsp3) is 0.0625. The van der Waals surface area contributed by atoms with E-state index < -0.39 is 16.1 Å². The summed E-state index contributed by atoms with van der Waals surface area (Å²) in [6, 6.07) is 17.1. The third kappa shape index (κ3) is 4.57. The van der Waals surface area contributed by atoms with Crippen molar-refractivity contribution < 1.29 is 17.4 Å². The van der Waals surface area contributed by atoms with Crippen LogP contribution in [0.4, 0.5) is 0 Å². The second-order valence-corrected chi connectivity index (χ2v) is 5.81. The zero-order valence-corrected chi connectivity index (χ0v) is 12.0. The summed E-state index contributed by atoms with van der Waals surface area (Å²) >= 11 is 0. The molecule has 21 heavy (non-hydrogen) atoms. The van der Waals surface area contributed by atoms with Gasteiger partial charge in [0.15, 0.2) is 0 Å². The van der Waals surface area contributed by atoms with Gasteiger partial charge in [-0.3, -0.25) is 0 Å². The number of allylic oxidation sites excluding steroid dienone is 1. The van der Waals surface area contributed by atoms with Crippen molar-refractivity contribution in [1.82, 2.24) is 0 Å². The topological polar surface area (TPSA) is 60.4 Å². The molecule has 4 nitrogen and oxygen atoms in total. The molecule has 0 saturated carbocycles. The molecular formula is C16H14O4S. The van der Waals surface area contributed by atoms with Crippen molar-refractivity contribution in [3.63, 3.8) is 0 Å². The van der Waals surface area contributed by atoms with Crippen molar-refractivity contribution in [2.75, 3.05) is 0 Å². The van der Waals surface area contributed by atoms with Gasteiger partial charge in [0.2, 0.25) is 0 Å². The van der Waals surface area contributed by atoms with Crippen molar-refractivity contribution >= 4 is 16.1 Å². The number of carbonyl (C=O) groups is 1. The van der Waals surface area contributed by atoms with E-state index in [1.165, 1.54) is 12.1 Å². The highest BCUT2D eigenvalue weighted by Crippen LogP contribution is 2.11. The molecule has 0 aliphatic rings. The molecule has 0 fully saturated rings. The van der Waals surface area contributed by atoms with Crippen molar-refractivity contribution in [1.29, 1.82) is 0 Å². The summed E-state index contributed by atoms with van der Waals surface area (Å²) in [5.74, 6) is -0.908. The summed E-state index contributed by atoms with van der Waals surface area (Å²) < 4.78 is 28.1. The molecule has 5 heteroatoms. The average molecular weight is 302 g/mol. The number of hydrogen-bond acceptors (Lipinski definition) is 4. The fourth-order valence-electron chi connectivity index (χ4n) is 1.68. The molecule has 2 rings (SSSR count). The molecule has 0 aliphatic carbocycles. The molecule has 0 aromatic heterocycles. The predicted octanol–water partition coefficient (Wildman–Crippen LogP) is 2.72. The van der Waals surface area contributed by atoms with Gasteiger partial charge in [0.25, 0.3) is 0 Å². The molecule has 0 amide bonds. The molecule has 0 unspecified atom stereocenters. The molecule has 2 aromatic rings. The van der Waals surface area contributed by atoms with E-state index in [0.717, 1.165) is 11.6 Å². The first-order chi connectivity index (χ1) is 10.1. The van der Waals surface area contributed by atoms with Crippen LogP contribution in [-0.4, -0.2) is 14.4 Å². The molecule has 0 bridgehead atoms. The Morgan fingerprint density at radius 1 is 0.952 bits per heavy atom. The first kappa shape index (κ1) is 15.0. The van der Waals surface area contributed by atoms with Gasteiger partial charge in [-0.25, -0.2) is 4.79 Å². The summed E-state index contributed by atoms with van der Waals surface area (Å²) in [6.45, 7) is 0. The van der Waals surface area contributed by atoms with E-state index in [2.05, 4.69) is 4.18 Å². The normalized spacial score (nSPS) is 11.4. The third-order valence-corrected chi connectivity index (χ3v) is 3.91. The van der Waals surface area contributed by atoms with E-state index in [1.54, 1.807) is 24.3 Å². The lowest BCUT2D eigenvalue weighted by molar-refractivity contribution is -0.128. The van der Waals surface area contributed by atoms with Gasteiger partial charge in [-0.1, -0.05) is 54.6 Å². The van der Waals surface area contributed by atoms with Gasteiger partial charge in [0.05, 0.1) is 0 Å². The first-order valence-electron chi connectivity index (χ1n) is 6.32. The van der Waals surface area contributed by atoms with Crippen LogP contribution in [0.3, 0.4) is 0 Å². The Hall–Kier alpha value is -2.40. The van der Waals surface area contributed by atoms with Crippen molar-refractivity contribution in [2.45, 2.75) is 11.3 Å².